The van der Waals surface area contributed by atoms with Crippen LogP contribution in [0, 0.1) is 6.92 Å². The van der Waals surface area contributed by atoms with E-state index in [1.54, 1.807) is 26.0 Å². The Morgan fingerprint density at radius 2 is 2.00 bits per heavy atom. The van der Waals surface area contributed by atoms with E-state index < -0.39 is 16.0 Å². The first kappa shape index (κ1) is 17.5. The van der Waals surface area contributed by atoms with Crippen molar-refractivity contribution in [1.29, 1.82) is 0 Å². The fourth-order valence-corrected chi connectivity index (χ4v) is 3.65. The van der Waals surface area contributed by atoms with Crippen LogP contribution < -0.4 is 5.73 Å². The van der Waals surface area contributed by atoms with Gasteiger partial charge >= 0.3 is 5.97 Å². The average molecular weight is 314 g/mol. The van der Waals surface area contributed by atoms with Crippen molar-refractivity contribution in [3.63, 3.8) is 0 Å². The molecule has 118 valence electrons. The first-order valence-electron chi connectivity index (χ1n) is 6.84. The molecule has 0 saturated heterocycles. The maximum Gasteiger partial charge on any atom is 0.321 e. The molecule has 0 unspecified atom stereocenters. The number of anilines is 1. The van der Waals surface area contributed by atoms with E-state index in [9.17, 15) is 13.2 Å². The van der Waals surface area contributed by atoms with Gasteiger partial charge in [-0.2, -0.15) is 4.31 Å². The zero-order chi connectivity index (χ0) is 16.0. The molecule has 6 nitrogen and oxygen atoms in total. The highest BCUT2D eigenvalue weighted by Gasteiger charge is 2.28. The molecule has 0 atom stereocenters. The van der Waals surface area contributed by atoms with Gasteiger partial charge in [0.25, 0.3) is 0 Å². The van der Waals surface area contributed by atoms with Gasteiger partial charge in [0.05, 0.1) is 11.5 Å². The molecule has 0 fully saturated rings. The van der Waals surface area contributed by atoms with Crippen molar-refractivity contribution in [2.75, 3.05) is 25.4 Å². The summed E-state index contributed by atoms with van der Waals surface area (Å²) in [5.74, 6) is -0.559. The molecule has 2 N–H and O–H groups in total. The van der Waals surface area contributed by atoms with E-state index in [0.717, 1.165) is 4.31 Å². The SMILES string of the molecule is CCCN(CC(=O)OCC)S(=O)(=O)c1cc(N)ccc1C. The van der Waals surface area contributed by atoms with Gasteiger partial charge in [-0.3, -0.25) is 4.79 Å². The van der Waals surface area contributed by atoms with Gasteiger partial charge in [-0.05, 0) is 38.0 Å². The smallest absolute Gasteiger partial charge is 0.321 e. The van der Waals surface area contributed by atoms with Crippen LogP contribution in [-0.4, -0.2) is 38.4 Å². The minimum absolute atomic E-state index is 0.125. The van der Waals surface area contributed by atoms with Crippen LogP contribution >= 0.6 is 0 Å². The third kappa shape index (κ3) is 4.44. The molecular weight excluding hydrogens is 292 g/mol. The van der Waals surface area contributed by atoms with Crippen LogP contribution in [0.1, 0.15) is 25.8 Å². The van der Waals surface area contributed by atoms with Gasteiger partial charge in [0.2, 0.25) is 10.0 Å². The van der Waals surface area contributed by atoms with Crippen LogP contribution in [0.3, 0.4) is 0 Å². The van der Waals surface area contributed by atoms with Gasteiger partial charge in [0, 0.05) is 12.2 Å². The Labute approximate surface area is 125 Å². The Hall–Kier alpha value is -1.60. The molecule has 1 rings (SSSR count). The first-order chi connectivity index (χ1) is 9.82. The van der Waals surface area contributed by atoms with E-state index in [4.69, 9.17) is 10.5 Å². The number of benzene rings is 1. The number of carbonyl (C=O) groups excluding carboxylic acids is 1. The Kier molecular flexibility index (Phi) is 6.17. The third-order valence-electron chi connectivity index (χ3n) is 2.91. The highest BCUT2D eigenvalue weighted by molar-refractivity contribution is 7.89. The van der Waals surface area contributed by atoms with Crippen LogP contribution in [0.25, 0.3) is 0 Å². The summed E-state index contributed by atoms with van der Waals surface area (Å²) >= 11 is 0. The van der Waals surface area contributed by atoms with Gasteiger partial charge in [0.15, 0.2) is 0 Å². The molecule has 0 spiro atoms. The topological polar surface area (TPSA) is 89.7 Å². The molecular formula is C14H22N2O4S. The number of nitrogens with zero attached hydrogens (tertiary/aromatic N) is 1. The van der Waals surface area contributed by atoms with Crippen molar-refractivity contribution >= 4 is 21.7 Å². The summed E-state index contributed by atoms with van der Waals surface area (Å²) < 4.78 is 31.4. The van der Waals surface area contributed by atoms with Crippen LogP contribution in [0.5, 0.6) is 0 Å². The lowest BCUT2D eigenvalue weighted by atomic mass is 10.2. The number of ether oxygens (including phenoxy) is 1. The van der Waals surface area contributed by atoms with Crippen molar-refractivity contribution in [1.82, 2.24) is 4.31 Å². The van der Waals surface area contributed by atoms with E-state index in [0.29, 0.717) is 17.7 Å². The number of esters is 1. The summed E-state index contributed by atoms with van der Waals surface area (Å²) in [6, 6.07) is 4.71. The summed E-state index contributed by atoms with van der Waals surface area (Å²) in [7, 11) is -3.78. The number of aryl methyl sites for hydroxylation is 1. The Morgan fingerprint density at radius 3 is 2.57 bits per heavy atom. The standard InChI is InChI=1S/C14H22N2O4S/c1-4-8-16(10-14(17)20-5-2)21(18,19)13-9-12(15)7-6-11(13)3/h6-7,9H,4-5,8,10,15H2,1-3H3. The Balaban J connectivity index is 3.15. The Morgan fingerprint density at radius 1 is 1.33 bits per heavy atom. The van der Waals surface area contributed by atoms with Crippen molar-refractivity contribution in [2.45, 2.75) is 32.1 Å². The molecule has 0 aliphatic heterocycles. The van der Waals surface area contributed by atoms with Crippen LogP contribution in [0.4, 0.5) is 5.69 Å². The molecule has 0 radical (unpaired) electrons. The summed E-state index contributed by atoms with van der Waals surface area (Å²) in [6.45, 7) is 5.39. The number of rotatable bonds is 7. The minimum atomic E-state index is -3.78. The second-order valence-corrected chi connectivity index (χ2v) is 6.57. The van der Waals surface area contributed by atoms with Crippen molar-refractivity contribution in [3.05, 3.63) is 23.8 Å². The molecule has 21 heavy (non-hydrogen) atoms. The van der Waals surface area contributed by atoms with E-state index >= 15 is 0 Å². The fourth-order valence-electron chi connectivity index (χ4n) is 1.92. The number of hydrogen-bond donors (Lipinski definition) is 1. The molecule has 1 aromatic carbocycles. The van der Waals surface area contributed by atoms with Gasteiger partial charge in [-0.1, -0.05) is 13.0 Å². The maximum atomic E-state index is 12.7. The van der Waals surface area contributed by atoms with Crippen molar-refractivity contribution in [3.8, 4) is 0 Å². The molecule has 1 aromatic rings. The van der Waals surface area contributed by atoms with Gasteiger partial charge in [0.1, 0.15) is 6.54 Å². The van der Waals surface area contributed by atoms with Crippen LogP contribution in [0.15, 0.2) is 23.1 Å². The summed E-state index contributed by atoms with van der Waals surface area (Å²) in [4.78, 5) is 11.7. The quantitative estimate of drug-likeness (QED) is 0.609. The molecule has 0 amide bonds. The van der Waals surface area contributed by atoms with E-state index in [-0.39, 0.29) is 24.6 Å². The van der Waals surface area contributed by atoms with Crippen LogP contribution in [-0.2, 0) is 19.6 Å². The predicted molar refractivity (Wildman–Crippen MR) is 81.3 cm³/mol. The number of nitrogens with two attached hydrogens (primary N) is 1. The number of hydrogen-bond acceptors (Lipinski definition) is 5. The molecule has 0 aliphatic carbocycles. The van der Waals surface area contributed by atoms with E-state index in [1.807, 2.05) is 6.92 Å². The summed E-state index contributed by atoms with van der Waals surface area (Å²) in [5, 5.41) is 0. The lowest BCUT2D eigenvalue weighted by Gasteiger charge is -2.21. The van der Waals surface area contributed by atoms with Gasteiger partial charge < -0.3 is 10.5 Å². The maximum absolute atomic E-state index is 12.7. The third-order valence-corrected chi connectivity index (χ3v) is 4.90. The van der Waals surface area contributed by atoms with E-state index in [2.05, 4.69) is 0 Å². The largest absolute Gasteiger partial charge is 0.465 e. The highest BCUT2D eigenvalue weighted by Crippen LogP contribution is 2.22. The molecule has 0 aromatic heterocycles. The number of sulfonamides is 1. The molecule has 0 saturated carbocycles. The van der Waals surface area contributed by atoms with Crippen molar-refractivity contribution in [2.24, 2.45) is 0 Å². The molecule has 7 heteroatoms. The lowest BCUT2D eigenvalue weighted by Crippen LogP contribution is -2.37. The second kappa shape index (κ2) is 7.42. The highest BCUT2D eigenvalue weighted by atomic mass is 32.2. The normalized spacial score (nSPS) is 11.6. The molecule has 0 heterocycles. The van der Waals surface area contributed by atoms with E-state index in [1.165, 1.54) is 6.07 Å². The fraction of sp³-hybridized carbons (Fsp3) is 0.500. The van der Waals surface area contributed by atoms with Crippen molar-refractivity contribution < 1.29 is 17.9 Å². The monoisotopic (exact) mass is 314 g/mol. The lowest BCUT2D eigenvalue weighted by molar-refractivity contribution is -0.143. The summed E-state index contributed by atoms with van der Waals surface area (Å²) in [6.07, 6.45) is 0.597. The zero-order valence-electron chi connectivity index (χ0n) is 12.6. The minimum Gasteiger partial charge on any atom is -0.465 e. The van der Waals surface area contributed by atoms with Gasteiger partial charge in [-0.15, -0.1) is 0 Å². The predicted octanol–water partition coefficient (Wildman–Crippen LogP) is 1.54. The summed E-state index contributed by atoms with van der Waals surface area (Å²) in [5.41, 5.74) is 6.63. The van der Waals surface area contributed by atoms with Crippen LogP contribution in [0.2, 0.25) is 0 Å². The van der Waals surface area contributed by atoms with Gasteiger partial charge in [-0.25, -0.2) is 8.42 Å². The number of nitrogen functional groups attached to an aromatic ring is 1. The first-order valence-corrected chi connectivity index (χ1v) is 8.28. The second-order valence-electron chi connectivity index (χ2n) is 4.67. The average Bonchev–Trinajstić information content (AvgIpc) is 2.41. The zero-order valence-corrected chi connectivity index (χ0v) is 13.4. The molecule has 0 bridgehead atoms. The number of carbonyl (C=O) groups is 1. The molecule has 0 aliphatic rings. The Bertz CT molecular complexity index is 599.